The standard InChI is InChI=1S/C14H17N3O5S/c15-12(18)10-5-4-9(23)8-11(10)13(17(20)21)22-14(19)16-6-2-1-3-7-16/h4-5,8,13,23H,1-3,6-7H2,(H2,15,18). The van der Waals surface area contributed by atoms with Crippen LogP contribution in [0.3, 0.4) is 0 Å². The lowest BCUT2D eigenvalue weighted by molar-refractivity contribution is -0.575. The lowest BCUT2D eigenvalue weighted by Crippen LogP contribution is -2.38. The molecule has 2 N–H and O–H groups in total. The Labute approximate surface area is 138 Å². The summed E-state index contributed by atoms with van der Waals surface area (Å²) in [4.78, 5) is 36.0. The summed E-state index contributed by atoms with van der Waals surface area (Å²) in [5, 5.41) is 11.3. The number of rotatable bonds is 4. The number of nitrogens with two attached hydrogens (primary N) is 1. The number of hydrogen-bond acceptors (Lipinski definition) is 6. The minimum atomic E-state index is -1.81. The smallest absolute Gasteiger partial charge is 0.377 e. The van der Waals surface area contributed by atoms with Gasteiger partial charge in [-0.3, -0.25) is 14.9 Å². The first-order valence-electron chi connectivity index (χ1n) is 7.12. The Morgan fingerprint density at radius 3 is 2.52 bits per heavy atom. The minimum absolute atomic E-state index is 0.0732. The number of thiol groups is 1. The summed E-state index contributed by atoms with van der Waals surface area (Å²) in [5.41, 5.74) is 5.08. The molecule has 0 radical (unpaired) electrons. The molecule has 1 fully saturated rings. The van der Waals surface area contributed by atoms with Crippen molar-refractivity contribution in [2.24, 2.45) is 5.73 Å². The first kappa shape index (κ1) is 17.1. The summed E-state index contributed by atoms with van der Waals surface area (Å²) < 4.78 is 5.03. The molecule has 0 spiro atoms. The number of nitro groups is 1. The highest BCUT2D eigenvalue weighted by molar-refractivity contribution is 7.80. The van der Waals surface area contributed by atoms with E-state index in [4.69, 9.17) is 10.5 Å². The largest absolute Gasteiger partial charge is 0.415 e. The second-order valence-electron chi connectivity index (χ2n) is 5.20. The average Bonchev–Trinajstić information content (AvgIpc) is 2.52. The topological polar surface area (TPSA) is 116 Å². The lowest BCUT2D eigenvalue weighted by atomic mass is 10.1. The van der Waals surface area contributed by atoms with Crippen molar-refractivity contribution in [1.82, 2.24) is 4.90 Å². The van der Waals surface area contributed by atoms with Gasteiger partial charge in [0, 0.05) is 18.0 Å². The maximum Gasteiger partial charge on any atom is 0.415 e. The fourth-order valence-electron chi connectivity index (χ4n) is 2.45. The Balaban J connectivity index is 2.28. The average molecular weight is 339 g/mol. The van der Waals surface area contributed by atoms with Gasteiger partial charge in [-0.2, -0.15) is 0 Å². The molecule has 124 valence electrons. The minimum Gasteiger partial charge on any atom is -0.377 e. The van der Waals surface area contributed by atoms with Gasteiger partial charge in [0.2, 0.25) is 5.91 Å². The number of carbonyl (C=O) groups is 2. The Kier molecular flexibility index (Phi) is 5.43. The molecule has 2 rings (SSSR count). The van der Waals surface area contributed by atoms with E-state index in [0.717, 1.165) is 19.3 Å². The van der Waals surface area contributed by atoms with Gasteiger partial charge in [0.05, 0.1) is 16.1 Å². The monoisotopic (exact) mass is 339 g/mol. The second kappa shape index (κ2) is 7.32. The number of primary amides is 1. The van der Waals surface area contributed by atoms with Crippen LogP contribution in [0.25, 0.3) is 0 Å². The Bertz CT molecular complexity index is 631. The van der Waals surface area contributed by atoms with Crippen molar-refractivity contribution in [3.05, 3.63) is 39.4 Å². The van der Waals surface area contributed by atoms with Crippen LogP contribution in [-0.4, -0.2) is 34.9 Å². The number of hydrogen-bond donors (Lipinski definition) is 2. The van der Waals surface area contributed by atoms with E-state index in [2.05, 4.69) is 12.6 Å². The number of nitrogens with zero attached hydrogens (tertiary/aromatic N) is 2. The summed E-state index contributed by atoms with van der Waals surface area (Å²) in [7, 11) is 0. The van der Waals surface area contributed by atoms with Crippen LogP contribution in [0.15, 0.2) is 23.1 Å². The first-order valence-corrected chi connectivity index (χ1v) is 7.56. The lowest BCUT2D eigenvalue weighted by Gasteiger charge is -2.26. The zero-order valence-corrected chi connectivity index (χ0v) is 13.2. The molecule has 9 heteroatoms. The van der Waals surface area contributed by atoms with E-state index in [1.165, 1.54) is 23.1 Å². The number of piperidine rings is 1. The molecule has 1 unspecified atom stereocenters. The molecule has 1 heterocycles. The van der Waals surface area contributed by atoms with Gasteiger partial charge in [-0.25, -0.2) is 4.79 Å². The maximum atomic E-state index is 12.1. The normalized spacial score (nSPS) is 15.8. The fraction of sp³-hybridized carbons (Fsp3) is 0.429. The molecular weight excluding hydrogens is 322 g/mol. The van der Waals surface area contributed by atoms with Gasteiger partial charge in [0.1, 0.15) is 0 Å². The van der Waals surface area contributed by atoms with Gasteiger partial charge >= 0.3 is 12.3 Å². The van der Waals surface area contributed by atoms with E-state index >= 15 is 0 Å². The highest BCUT2D eigenvalue weighted by Gasteiger charge is 2.33. The summed E-state index contributed by atoms with van der Waals surface area (Å²) in [6.07, 6.45) is 0.0921. The number of ether oxygens (including phenoxy) is 1. The SMILES string of the molecule is NC(=O)c1ccc(S)cc1C(OC(=O)N1CCCCC1)[N+](=O)[O-]. The Morgan fingerprint density at radius 1 is 1.30 bits per heavy atom. The summed E-state index contributed by atoms with van der Waals surface area (Å²) >= 11 is 4.10. The fourth-order valence-corrected chi connectivity index (χ4v) is 2.66. The van der Waals surface area contributed by atoms with Crippen molar-refractivity contribution < 1.29 is 19.2 Å². The molecule has 0 aromatic heterocycles. The summed E-state index contributed by atoms with van der Waals surface area (Å²) in [6.45, 7) is 0.997. The van der Waals surface area contributed by atoms with Gasteiger partial charge < -0.3 is 15.4 Å². The number of benzene rings is 1. The van der Waals surface area contributed by atoms with Crippen LogP contribution >= 0.6 is 12.6 Å². The third kappa shape index (κ3) is 4.13. The molecule has 1 aliphatic heterocycles. The van der Waals surface area contributed by atoms with E-state index in [0.29, 0.717) is 18.0 Å². The highest BCUT2D eigenvalue weighted by Crippen LogP contribution is 2.26. The van der Waals surface area contributed by atoms with Gasteiger partial charge in [-0.05, 0) is 37.5 Å². The second-order valence-corrected chi connectivity index (χ2v) is 5.72. The van der Waals surface area contributed by atoms with Gasteiger partial charge in [-0.1, -0.05) is 0 Å². The van der Waals surface area contributed by atoms with Crippen LogP contribution in [0.5, 0.6) is 0 Å². The number of amides is 2. The van der Waals surface area contributed by atoms with Crippen LogP contribution in [-0.2, 0) is 4.74 Å². The maximum absolute atomic E-state index is 12.1. The van der Waals surface area contributed by atoms with Crippen molar-refractivity contribution in [2.75, 3.05) is 13.1 Å². The molecule has 1 aliphatic rings. The highest BCUT2D eigenvalue weighted by atomic mass is 32.1. The van der Waals surface area contributed by atoms with Crippen LogP contribution in [0.4, 0.5) is 4.79 Å². The molecule has 0 saturated carbocycles. The molecule has 1 atom stereocenters. The van der Waals surface area contributed by atoms with Crippen molar-refractivity contribution in [3.8, 4) is 0 Å². The summed E-state index contributed by atoms with van der Waals surface area (Å²) in [6, 6.07) is 4.11. The number of likely N-dealkylation sites (tertiary alicyclic amines) is 1. The zero-order chi connectivity index (χ0) is 17.0. The van der Waals surface area contributed by atoms with Crippen molar-refractivity contribution in [2.45, 2.75) is 30.4 Å². The van der Waals surface area contributed by atoms with Crippen LogP contribution in [0.2, 0.25) is 0 Å². The first-order chi connectivity index (χ1) is 10.9. The van der Waals surface area contributed by atoms with E-state index in [9.17, 15) is 19.7 Å². The molecule has 23 heavy (non-hydrogen) atoms. The molecule has 1 saturated heterocycles. The predicted octanol–water partition coefficient (Wildman–Crippen LogP) is 1.97. The molecule has 2 amide bonds. The van der Waals surface area contributed by atoms with Crippen LogP contribution in [0.1, 0.15) is 41.4 Å². The molecular formula is C14H17N3O5S. The molecule has 0 bridgehead atoms. The van der Waals surface area contributed by atoms with Crippen LogP contribution < -0.4 is 5.73 Å². The quantitative estimate of drug-likeness (QED) is 0.376. The zero-order valence-electron chi connectivity index (χ0n) is 12.3. The van der Waals surface area contributed by atoms with E-state index in [1.54, 1.807) is 0 Å². The number of carbonyl (C=O) groups excluding carboxylic acids is 2. The third-order valence-corrected chi connectivity index (χ3v) is 3.86. The van der Waals surface area contributed by atoms with Gasteiger partial charge in [0.25, 0.3) is 0 Å². The Hall–Kier alpha value is -2.29. The molecule has 1 aromatic rings. The van der Waals surface area contributed by atoms with Gasteiger partial charge in [0.15, 0.2) is 0 Å². The molecule has 8 nitrogen and oxygen atoms in total. The van der Waals surface area contributed by atoms with Crippen molar-refractivity contribution >= 4 is 24.6 Å². The van der Waals surface area contributed by atoms with Crippen LogP contribution in [0, 0.1) is 10.1 Å². The van der Waals surface area contributed by atoms with Crippen molar-refractivity contribution in [3.63, 3.8) is 0 Å². The van der Waals surface area contributed by atoms with E-state index in [1.807, 2.05) is 0 Å². The summed E-state index contributed by atoms with van der Waals surface area (Å²) in [5.74, 6) is -0.839. The van der Waals surface area contributed by atoms with E-state index < -0.39 is 23.2 Å². The molecule has 0 aliphatic carbocycles. The van der Waals surface area contributed by atoms with Crippen molar-refractivity contribution in [1.29, 1.82) is 0 Å². The van der Waals surface area contributed by atoms with Gasteiger partial charge in [-0.15, -0.1) is 12.6 Å². The Morgan fingerprint density at radius 2 is 1.96 bits per heavy atom. The van der Waals surface area contributed by atoms with E-state index in [-0.39, 0.29) is 11.1 Å². The predicted molar refractivity (Wildman–Crippen MR) is 83.9 cm³/mol. The molecule has 1 aromatic carbocycles. The third-order valence-electron chi connectivity index (χ3n) is 3.58.